The van der Waals surface area contributed by atoms with Gasteiger partial charge in [-0.05, 0) is 82.6 Å². The van der Waals surface area contributed by atoms with Gasteiger partial charge in [0, 0.05) is 49.4 Å². The minimum atomic E-state index is 0.701. The average molecular weight is 739 g/mol. The van der Waals surface area contributed by atoms with Crippen molar-refractivity contribution >= 4 is 65.3 Å². The first kappa shape index (κ1) is 32.4. The molecule has 0 spiro atoms. The van der Waals surface area contributed by atoms with Crippen molar-refractivity contribution in [3.63, 3.8) is 0 Å². The summed E-state index contributed by atoms with van der Waals surface area (Å²) in [5.41, 5.74) is 13.2. The zero-order valence-electron chi connectivity index (χ0n) is 31.4. The van der Waals surface area contributed by atoms with Crippen LogP contribution in [0, 0.1) is 0 Å². The summed E-state index contributed by atoms with van der Waals surface area (Å²) in [5, 5.41) is 8.34. The van der Waals surface area contributed by atoms with Crippen molar-refractivity contribution in [1.82, 2.24) is 19.1 Å². The van der Waals surface area contributed by atoms with Crippen molar-refractivity contribution in [2.75, 3.05) is 0 Å². The SMILES string of the molecule is c1ccc(-c2ccc(-c3nc(-c4ccc(-n5c6ccccc6c6ccc(-n7c8ccccc8c8ccccc87)cc65)cc4)nc4ccc5ccccc5c34)cc2)cc1. The molecule has 0 radical (unpaired) electrons. The molecular formula is C54H34N4. The lowest BCUT2D eigenvalue weighted by Crippen LogP contribution is -1.98. The van der Waals surface area contributed by atoms with Gasteiger partial charge in [-0.3, -0.25) is 0 Å². The first-order valence-corrected chi connectivity index (χ1v) is 19.7. The highest BCUT2D eigenvalue weighted by atomic mass is 15.0. The highest BCUT2D eigenvalue weighted by molar-refractivity contribution is 6.13. The van der Waals surface area contributed by atoms with Crippen LogP contribution in [0.4, 0.5) is 0 Å². The van der Waals surface area contributed by atoms with E-state index in [4.69, 9.17) is 9.97 Å². The number of rotatable bonds is 5. The third-order valence-electron chi connectivity index (χ3n) is 11.7. The molecule has 0 unspecified atom stereocenters. The van der Waals surface area contributed by atoms with Crippen LogP contribution < -0.4 is 0 Å². The van der Waals surface area contributed by atoms with Crippen molar-refractivity contribution in [2.24, 2.45) is 0 Å². The molecule has 0 aliphatic rings. The lowest BCUT2D eigenvalue weighted by Gasteiger charge is -2.14. The quantitative estimate of drug-likeness (QED) is 0.165. The normalized spacial score (nSPS) is 11.8. The molecule has 0 fully saturated rings. The summed E-state index contributed by atoms with van der Waals surface area (Å²) in [6.45, 7) is 0. The fourth-order valence-electron chi connectivity index (χ4n) is 9.03. The number of aromatic nitrogens is 4. The van der Waals surface area contributed by atoms with E-state index >= 15 is 0 Å². The second-order valence-corrected chi connectivity index (χ2v) is 15.0. The van der Waals surface area contributed by atoms with Crippen molar-refractivity contribution in [1.29, 1.82) is 0 Å². The topological polar surface area (TPSA) is 35.6 Å². The van der Waals surface area contributed by atoms with Crippen molar-refractivity contribution < 1.29 is 0 Å². The molecule has 58 heavy (non-hydrogen) atoms. The predicted octanol–water partition coefficient (Wildman–Crippen LogP) is 14.0. The molecule has 0 N–H and O–H groups in total. The summed E-state index contributed by atoms with van der Waals surface area (Å²) in [7, 11) is 0. The summed E-state index contributed by atoms with van der Waals surface area (Å²) in [5.74, 6) is 0.701. The molecular weight excluding hydrogens is 705 g/mol. The molecule has 4 heteroatoms. The van der Waals surface area contributed by atoms with Crippen LogP contribution in [0.2, 0.25) is 0 Å². The third kappa shape index (κ3) is 5.02. The zero-order valence-corrected chi connectivity index (χ0v) is 31.4. The van der Waals surface area contributed by atoms with E-state index in [9.17, 15) is 0 Å². The van der Waals surface area contributed by atoms with E-state index in [1.54, 1.807) is 0 Å². The monoisotopic (exact) mass is 738 g/mol. The maximum Gasteiger partial charge on any atom is 0.160 e. The van der Waals surface area contributed by atoms with Gasteiger partial charge in [-0.25, -0.2) is 9.97 Å². The van der Waals surface area contributed by atoms with Gasteiger partial charge < -0.3 is 9.13 Å². The summed E-state index contributed by atoms with van der Waals surface area (Å²) in [4.78, 5) is 10.6. The average Bonchev–Trinajstić information content (AvgIpc) is 3.81. The summed E-state index contributed by atoms with van der Waals surface area (Å²) >= 11 is 0. The second kappa shape index (κ2) is 12.9. The highest BCUT2D eigenvalue weighted by Crippen LogP contribution is 2.39. The zero-order chi connectivity index (χ0) is 38.2. The standard InChI is InChI=1S/C54H34N4/c1-2-12-35(13-3-1)36-22-24-38(25-23-36)53-52-42-15-5-4-14-37(42)28-33-47(52)55-54(56-53)39-26-29-40(30-27-39)57-48-19-9-8-18-45(48)46-32-31-41(34-51(46)57)58-49-20-10-6-16-43(49)44-17-7-11-21-50(44)58/h1-34H. The van der Waals surface area contributed by atoms with Gasteiger partial charge in [0.15, 0.2) is 5.82 Å². The smallest absolute Gasteiger partial charge is 0.160 e. The van der Waals surface area contributed by atoms with Crippen LogP contribution in [-0.4, -0.2) is 19.1 Å². The Kier molecular flexibility index (Phi) is 7.20. The van der Waals surface area contributed by atoms with Crippen LogP contribution in [0.15, 0.2) is 206 Å². The Bertz CT molecular complexity index is 3490. The lowest BCUT2D eigenvalue weighted by molar-refractivity contribution is 1.15. The lowest BCUT2D eigenvalue weighted by atomic mass is 9.98. The third-order valence-corrected chi connectivity index (χ3v) is 11.7. The Morgan fingerprint density at radius 2 is 0.810 bits per heavy atom. The molecule has 9 aromatic carbocycles. The summed E-state index contributed by atoms with van der Waals surface area (Å²) < 4.78 is 4.78. The predicted molar refractivity (Wildman–Crippen MR) is 242 cm³/mol. The molecule has 0 saturated heterocycles. The molecule has 3 heterocycles. The van der Waals surface area contributed by atoms with Crippen molar-refractivity contribution in [2.45, 2.75) is 0 Å². The molecule has 0 bridgehead atoms. The van der Waals surface area contributed by atoms with Crippen LogP contribution >= 0.6 is 0 Å². The van der Waals surface area contributed by atoms with E-state index in [2.05, 4.69) is 215 Å². The Morgan fingerprint density at radius 1 is 0.310 bits per heavy atom. The van der Waals surface area contributed by atoms with Gasteiger partial charge in [0.2, 0.25) is 0 Å². The number of hydrogen-bond donors (Lipinski definition) is 0. The van der Waals surface area contributed by atoms with Gasteiger partial charge in [-0.2, -0.15) is 0 Å². The second-order valence-electron chi connectivity index (χ2n) is 15.0. The van der Waals surface area contributed by atoms with Crippen molar-refractivity contribution in [3.8, 4) is 45.1 Å². The molecule has 4 nitrogen and oxygen atoms in total. The molecule has 0 amide bonds. The van der Waals surface area contributed by atoms with Crippen molar-refractivity contribution in [3.05, 3.63) is 206 Å². The van der Waals surface area contributed by atoms with Gasteiger partial charge in [0.25, 0.3) is 0 Å². The molecule has 3 aromatic heterocycles. The summed E-state index contributed by atoms with van der Waals surface area (Å²) in [6.07, 6.45) is 0. The molecule has 12 rings (SSSR count). The van der Waals surface area contributed by atoms with Gasteiger partial charge in [0.1, 0.15) is 0 Å². The molecule has 270 valence electrons. The Hall–Kier alpha value is -7.82. The number of benzene rings is 9. The van der Waals surface area contributed by atoms with Crippen LogP contribution in [0.1, 0.15) is 0 Å². The van der Waals surface area contributed by atoms with Gasteiger partial charge in [-0.15, -0.1) is 0 Å². The van der Waals surface area contributed by atoms with E-state index in [0.717, 1.165) is 50.0 Å². The molecule has 0 aliphatic heterocycles. The van der Waals surface area contributed by atoms with Crippen LogP contribution in [-0.2, 0) is 0 Å². The molecule has 0 atom stereocenters. The Balaban J connectivity index is 1.01. The van der Waals surface area contributed by atoms with Crippen LogP contribution in [0.5, 0.6) is 0 Å². The minimum Gasteiger partial charge on any atom is -0.309 e. The molecule has 0 aliphatic carbocycles. The Labute approximate surface area is 334 Å². The van der Waals surface area contributed by atoms with E-state index in [1.807, 2.05) is 0 Å². The molecule has 0 saturated carbocycles. The van der Waals surface area contributed by atoms with Gasteiger partial charge in [-0.1, -0.05) is 146 Å². The van der Waals surface area contributed by atoms with Gasteiger partial charge >= 0.3 is 0 Å². The van der Waals surface area contributed by atoms with Gasteiger partial charge in [0.05, 0.1) is 33.3 Å². The van der Waals surface area contributed by atoms with E-state index < -0.39 is 0 Å². The Morgan fingerprint density at radius 3 is 1.48 bits per heavy atom. The van der Waals surface area contributed by atoms with Crippen LogP contribution in [0.3, 0.4) is 0 Å². The van der Waals surface area contributed by atoms with E-state index in [0.29, 0.717) is 5.82 Å². The molecule has 12 aromatic rings. The number of nitrogens with zero attached hydrogens (tertiary/aromatic N) is 4. The van der Waals surface area contributed by atoms with Crippen LogP contribution in [0.25, 0.3) is 110 Å². The van der Waals surface area contributed by atoms with E-state index in [-0.39, 0.29) is 0 Å². The first-order chi connectivity index (χ1) is 28.8. The van der Waals surface area contributed by atoms with E-state index in [1.165, 1.54) is 54.6 Å². The number of hydrogen-bond acceptors (Lipinski definition) is 2. The largest absolute Gasteiger partial charge is 0.309 e. The minimum absolute atomic E-state index is 0.701. The maximum atomic E-state index is 5.36. The first-order valence-electron chi connectivity index (χ1n) is 19.7. The fraction of sp³-hybridized carbons (Fsp3) is 0. The maximum absolute atomic E-state index is 5.36. The highest BCUT2D eigenvalue weighted by Gasteiger charge is 2.18. The number of fused-ring (bicyclic) bond motifs is 9. The number of para-hydroxylation sites is 3. The summed E-state index contributed by atoms with van der Waals surface area (Å²) in [6, 6.07) is 73.8. The fourth-order valence-corrected chi connectivity index (χ4v) is 9.03.